The van der Waals surface area contributed by atoms with Crippen LogP contribution in [0.1, 0.15) is 54.6 Å². The Kier molecular flexibility index (Phi) is 6.16. The van der Waals surface area contributed by atoms with E-state index in [0.717, 1.165) is 39.2 Å². The molecule has 2 amide bonds. The van der Waals surface area contributed by atoms with Gasteiger partial charge in [0.15, 0.2) is 0 Å². The number of aryl methyl sites for hydroxylation is 2. The molecule has 33 heavy (non-hydrogen) atoms. The highest BCUT2D eigenvalue weighted by molar-refractivity contribution is 7.13. The largest absolute Gasteiger partial charge is 0.487 e. The summed E-state index contributed by atoms with van der Waals surface area (Å²) in [5.41, 5.74) is 1.33. The molecular weight excluding hydrogens is 456 g/mol. The number of ether oxygens (including phenoxy) is 1. The predicted octanol–water partition coefficient (Wildman–Crippen LogP) is 4.14. The van der Waals surface area contributed by atoms with Gasteiger partial charge in [-0.2, -0.15) is 0 Å². The Morgan fingerprint density at radius 3 is 2.39 bits per heavy atom. The van der Waals surface area contributed by atoms with Gasteiger partial charge in [0.05, 0.1) is 28.8 Å². The zero-order chi connectivity index (χ0) is 22.9. The van der Waals surface area contributed by atoms with Crippen LogP contribution < -0.4 is 4.74 Å². The van der Waals surface area contributed by atoms with Crippen molar-refractivity contribution in [1.82, 2.24) is 19.8 Å². The maximum atomic E-state index is 12.8. The monoisotopic (exact) mass is 482 g/mol. The van der Waals surface area contributed by atoms with Gasteiger partial charge in [-0.3, -0.25) is 9.59 Å². The summed E-state index contributed by atoms with van der Waals surface area (Å²) < 4.78 is 5.89. The zero-order valence-electron chi connectivity index (χ0n) is 18.7. The van der Waals surface area contributed by atoms with Crippen LogP contribution in [0, 0.1) is 13.8 Å². The number of hydrogen-bond donors (Lipinski definition) is 0. The quantitative estimate of drug-likeness (QED) is 0.546. The van der Waals surface area contributed by atoms with Crippen LogP contribution in [-0.4, -0.2) is 63.9 Å². The average molecular weight is 483 g/mol. The minimum atomic E-state index is -0.0333. The van der Waals surface area contributed by atoms with E-state index in [1.54, 1.807) is 16.2 Å². The van der Waals surface area contributed by atoms with Crippen LogP contribution in [0.3, 0.4) is 0 Å². The number of nitrogens with zero attached hydrogens (tertiary/aromatic N) is 4. The molecule has 1 aromatic carbocycles. The summed E-state index contributed by atoms with van der Waals surface area (Å²) in [6.45, 7) is 6.39. The number of likely N-dealkylation sites (tertiary alicyclic amines) is 2. The van der Waals surface area contributed by atoms with Gasteiger partial charge in [-0.05, 0) is 38.8 Å². The molecule has 2 saturated heterocycles. The second kappa shape index (κ2) is 9.23. The lowest BCUT2D eigenvalue weighted by Gasteiger charge is -2.38. The fourth-order valence-corrected chi connectivity index (χ4v) is 6.16. The molecule has 172 valence electrons. The Morgan fingerprint density at radius 2 is 1.73 bits per heavy atom. The van der Waals surface area contributed by atoms with Crippen LogP contribution in [0.15, 0.2) is 35.7 Å². The second-order valence-corrected chi connectivity index (χ2v) is 10.6. The number of amides is 2. The Bertz CT molecular complexity index is 1150. The van der Waals surface area contributed by atoms with Crippen LogP contribution in [0.2, 0.25) is 0 Å². The third kappa shape index (κ3) is 4.65. The number of aromatic nitrogens is 2. The van der Waals surface area contributed by atoms with Crippen LogP contribution in [0.5, 0.6) is 5.75 Å². The first-order valence-electron chi connectivity index (χ1n) is 11.2. The number of rotatable bonds is 5. The molecule has 0 unspecified atom stereocenters. The van der Waals surface area contributed by atoms with Gasteiger partial charge < -0.3 is 14.5 Å². The average Bonchev–Trinajstić information content (AvgIpc) is 3.42. The van der Waals surface area contributed by atoms with E-state index in [2.05, 4.69) is 9.97 Å². The van der Waals surface area contributed by atoms with E-state index in [0.29, 0.717) is 31.9 Å². The highest BCUT2D eigenvalue weighted by Gasteiger charge is 2.34. The van der Waals surface area contributed by atoms with Gasteiger partial charge in [-0.25, -0.2) is 9.97 Å². The molecule has 3 aromatic rings. The lowest BCUT2D eigenvalue weighted by Crippen LogP contribution is -2.56. The van der Waals surface area contributed by atoms with Gasteiger partial charge in [-0.1, -0.05) is 18.2 Å². The fourth-order valence-electron chi connectivity index (χ4n) is 4.31. The van der Waals surface area contributed by atoms with Gasteiger partial charge >= 0.3 is 0 Å². The third-order valence-electron chi connectivity index (χ3n) is 6.15. The molecule has 0 radical (unpaired) electrons. The first-order chi connectivity index (χ1) is 16.0. The summed E-state index contributed by atoms with van der Waals surface area (Å²) in [6, 6.07) is 9.68. The van der Waals surface area contributed by atoms with Crippen LogP contribution >= 0.6 is 22.7 Å². The van der Waals surface area contributed by atoms with Crippen LogP contribution in [-0.2, 0) is 0 Å². The van der Waals surface area contributed by atoms with E-state index in [-0.39, 0.29) is 23.8 Å². The highest BCUT2D eigenvalue weighted by atomic mass is 32.1. The summed E-state index contributed by atoms with van der Waals surface area (Å²) >= 11 is 3.02. The molecule has 0 aliphatic carbocycles. The molecule has 0 atom stereocenters. The molecule has 2 fully saturated rings. The molecule has 5 rings (SSSR count). The van der Waals surface area contributed by atoms with Crippen molar-refractivity contribution >= 4 is 34.5 Å². The molecular formula is C24H26N4O3S2. The van der Waals surface area contributed by atoms with Gasteiger partial charge in [0.25, 0.3) is 11.8 Å². The SMILES string of the molecule is Cc1nc(C)c(C(=O)N2CCC(c3nc(C(=O)N4CC(Oc5ccccc5)C4)cs3)CC2)s1. The van der Waals surface area contributed by atoms with E-state index in [1.807, 2.05) is 54.5 Å². The summed E-state index contributed by atoms with van der Waals surface area (Å²) in [7, 11) is 0. The van der Waals surface area contributed by atoms with Crippen molar-refractivity contribution in [2.24, 2.45) is 0 Å². The number of hydrogen-bond acceptors (Lipinski definition) is 7. The van der Waals surface area contributed by atoms with Gasteiger partial charge in [0, 0.05) is 24.4 Å². The van der Waals surface area contributed by atoms with E-state index in [4.69, 9.17) is 4.74 Å². The number of carbonyl (C=O) groups excluding carboxylic acids is 2. The normalized spacial score (nSPS) is 17.2. The minimum absolute atomic E-state index is 0.0299. The third-order valence-corrected chi connectivity index (χ3v) is 8.22. The molecule has 2 aliphatic heterocycles. The van der Waals surface area contributed by atoms with E-state index in [1.165, 1.54) is 11.3 Å². The molecule has 0 bridgehead atoms. The predicted molar refractivity (Wildman–Crippen MR) is 128 cm³/mol. The highest BCUT2D eigenvalue weighted by Crippen LogP contribution is 2.32. The van der Waals surface area contributed by atoms with Crippen molar-refractivity contribution in [1.29, 1.82) is 0 Å². The van der Waals surface area contributed by atoms with Crippen molar-refractivity contribution in [3.63, 3.8) is 0 Å². The molecule has 4 heterocycles. The van der Waals surface area contributed by atoms with Crippen molar-refractivity contribution in [3.05, 3.63) is 62.0 Å². The Hall–Kier alpha value is -2.78. The number of benzene rings is 1. The topological polar surface area (TPSA) is 75.6 Å². The molecule has 9 heteroatoms. The summed E-state index contributed by atoms with van der Waals surface area (Å²) in [5, 5.41) is 3.78. The van der Waals surface area contributed by atoms with Gasteiger partial charge in [-0.15, -0.1) is 22.7 Å². The van der Waals surface area contributed by atoms with Crippen molar-refractivity contribution in [2.75, 3.05) is 26.2 Å². The Labute approximate surface area is 201 Å². The maximum Gasteiger partial charge on any atom is 0.273 e. The van der Waals surface area contributed by atoms with Crippen molar-refractivity contribution in [3.8, 4) is 5.75 Å². The number of piperidine rings is 1. The lowest BCUT2D eigenvalue weighted by atomic mass is 9.97. The zero-order valence-corrected chi connectivity index (χ0v) is 20.3. The summed E-state index contributed by atoms with van der Waals surface area (Å²) in [5.74, 6) is 1.16. The van der Waals surface area contributed by atoms with Crippen LogP contribution in [0.4, 0.5) is 0 Å². The second-order valence-electron chi connectivity index (χ2n) is 8.55. The number of para-hydroxylation sites is 1. The maximum absolute atomic E-state index is 12.8. The first-order valence-corrected chi connectivity index (χ1v) is 12.9. The van der Waals surface area contributed by atoms with Crippen molar-refractivity contribution in [2.45, 2.75) is 38.7 Å². The van der Waals surface area contributed by atoms with E-state index < -0.39 is 0 Å². The van der Waals surface area contributed by atoms with Crippen molar-refractivity contribution < 1.29 is 14.3 Å². The standard InChI is InChI=1S/C24H26N4O3S2/c1-15-21(33-16(2)25-15)24(30)27-10-8-17(9-11-27)22-26-20(14-32-22)23(29)28-12-19(13-28)31-18-6-4-3-5-7-18/h3-7,14,17,19H,8-13H2,1-2H3. The summed E-state index contributed by atoms with van der Waals surface area (Å²) in [4.78, 5) is 39.2. The molecule has 0 N–H and O–H groups in total. The fraction of sp³-hybridized carbons (Fsp3) is 0.417. The summed E-state index contributed by atoms with van der Waals surface area (Å²) in [6.07, 6.45) is 1.75. The molecule has 0 saturated carbocycles. The first kappa shape index (κ1) is 22.0. The lowest BCUT2D eigenvalue weighted by molar-refractivity contribution is 0.0174. The van der Waals surface area contributed by atoms with Crippen LogP contribution in [0.25, 0.3) is 0 Å². The molecule has 2 aromatic heterocycles. The van der Waals surface area contributed by atoms with Gasteiger partial charge in [0.2, 0.25) is 0 Å². The number of carbonyl (C=O) groups is 2. The smallest absolute Gasteiger partial charge is 0.273 e. The minimum Gasteiger partial charge on any atom is -0.487 e. The molecule has 7 nitrogen and oxygen atoms in total. The molecule has 0 spiro atoms. The molecule has 2 aliphatic rings. The van der Waals surface area contributed by atoms with E-state index >= 15 is 0 Å². The Balaban J connectivity index is 1.13. The van der Waals surface area contributed by atoms with Gasteiger partial charge in [0.1, 0.15) is 22.4 Å². The Morgan fingerprint density at radius 1 is 1.00 bits per heavy atom. The van der Waals surface area contributed by atoms with E-state index in [9.17, 15) is 9.59 Å². The number of thiazole rings is 2.